The van der Waals surface area contributed by atoms with Gasteiger partial charge in [-0.2, -0.15) is 10.2 Å². The maximum atomic E-state index is 11.7. The van der Waals surface area contributed by atoms with Crippen molar-refractivity contribution in [2.45, 2.75) is 4.90 Å². The molecule has 0 unspecified atom stereocenters. The third-order valence-electron chi connectivity index (χ3n) is 2.86. The Kier molecular flexibility index (Phi) is 5.32. The zero-order chi connectivity index (χ0) is 17.6. The van der Waals surface area contributed by atoms with Gasteiger partial charge in [0.15, 0.2) is 6.61 Å². The summed E-state index contributed by atoms with van der Waals surface area (Å²) in [6.45, 7) is -0.0261. The predicted octanol–water partition coefficient (Wildman–Crippen LogP) is 1.01. The summed E-state index contributed by atoms with van der Waals surface area (Å²) in [6.07, 6.45) is 6.43. The molecule has 1 heterocycles. The van der Waals surface area contributed by atoms with Gasteiger partial charge in [-0.15, -0.1) is 6.42 Å². The SMILES string of the molecule is C#CCOc1nc(Nc2ccc(S(=O)(=O)NC)cc2)ncc1C#N. The summed E-state index contributed by atoms with van der Waals surface area (Å²) in [5.74, 6) is 2.54. The lowest BCUT2D eigenvalue weighted by molar-refractivity contribution is 0.354. The van der Waals surface area contributed by atoms with Gasteiger partial charge in [0.1, 0.15) is 11.6 Å². The summed E-state index contributed by atoms with van der Waals surface area (Å²) in [4.78, 5) is 8.20. The van der Waals surface area contributed by atoms with Crippen LogP contribution in [0.3, 0.4) is 0 Å². The average molecular weight is 343 g/mol. The Bertz CT molecular complexity index is 912. The first-order chi connectivity index (χ1) is 11.5. The molecule has 1 aromatic heterocycles. The van der Waals surface area contributed by atoms with Crippen LogP contribution in [-0.4, -0.2) is 32.0 Å². The van der Waals surface area contributed by atoms with Gasteiger partial charge in [0.05, 0.1) is 11.1 Å². The van der Waals surface area contributed by atoms with E-state index in [9.17, 15) is 8.42 Å². The van der Waals surface area contributed by atoms with Crippen molar-refractivity contribution in [3.63, 3.8) is 0 Å². The van der Waals surface area contributed by atoms with Gasteiger partial charge in [-0.3, -0.25) is 0 Å². The number of nitrogens with zero attached hydrogens (tertiary/aromatic N) is 3. The maximum Gasteiger partial charge on any atom is 0.240 e. The number of aromatic nitrogens is 2. The first-order valence-electron chi connectivity index (χ1n) is 6.64. The Balaban J connectivity index is 2.22. The second-order valence-corrected chi connectivity index (χ2v) is 6.26. The topological polar surface area (TPSA) is 117 Å². The highest BCUT2D eigenvalue weighted by molar-refractivity contribution is 7.89. The van der Waals surface area contributed by atoms with Crippen molar-refractivity contribution in [2.75, 3.05) is 19.0 Å². The molecule has 2 aromatic rings. The van der Waals surface area contributed by atoms with Crippen LogP contribution >= 0.6 is 0 Å². The average Bonchev–Trinajstić information content (AvgIpc) is 2.60. The van der Waals surface area contributed by atoms with Crippen molar-refractivity contribution in [2.24, 2.45) is 0 Å². The lowest BCUT2D eigenvalue weighted by Crippen LogP contribution is -2.18. The van der Waals surface area contributed by atoms with Crippen molar-refractivity contribution in [3.8, 4) is 24.3 Å². The fourth-order valence-electron chi connectivity index (χ4n) is 1.69. The van der Waals surface area contributed by atoms with Crippen LogP contribution in [0.15, 0.2) is 35.4 Å². The largest absolute Gasteiger partial charge is 0.463 e. The first kappa shape index (κ1) is 17.2. The normalized spacial score (nSPS) is 10.5. The molecule has 8 nitrogen and oxygen atoms in total. The number of nitriles is 1. The van der Waals surface area contributed by atoms with Crippen LogP contribution in [0.2, 0.25) is 0 Å². The van der Waals surface area contributed by atoms with Crippen molar-refractivity contribution in [1.82, 2.24) is 14.7 Å². The third kappa shape index (κ3) is 3.98. The van der Waals surface area contributed by atoms with Crippen LogP contribution in [0.1, 0.15) is 5.56 Å². The summed E-state index contributed by atoms with van der Waals surface area (Å²) >= 11 is 0. The van der Waals surface area contributed by atoms with E-state index in [4.69, 9.17) is 16.4 Å². The van der Waals surface area contributed by atoms with Gasteiger partial charge < -0.3 is 10.1 Å². The number of nitrogens with one attached hydrogen (secondary N) is 2. The molecule has 9 heteroatoms. The van der Waals surface area contributed by atoms with E-state index in [2.05, 4.69) is 25.9 Å². The minimum atomic E-state index is -3.50. The highest BCUT2D eigenvalue weighted by atomic mass is 32.2. The molecular formula is C15H13N5O3S. The van der Waals surface area contributed by atoms with Gasteiger partial charge in [0, 0.05) is 5.69 Å². The molecule has 122 valence electrons. The van der Waals surface area contributed by atoms with Gasteiger partial charge in [0.2, 0.25) is 21.9 Å². The third-order valence-corrected chi connectivity index (χ3v) is 4.29. The summed E-state index contributed by atoms with van der Waals surface area (Å²) in [5.41, 5.74) is 0.726. The standard InChI is InChI=1S/C15H13N5O3S/c1-3-8-23-14-11(9-16)10-18-15(20-14)19-12-4-6-13(7-5-12)24(21,22)17-2/h1,4-7,10,17H,8H2,2H3,(H,18,19,20). The predicted molar refractivity (Wildman–Crippen MR) is 87.0 cm³/mol. The highest BCUT2D eigenvalue weighted by Crippen LogP contribution is 2.20. The van der Waals surface area contributed by atoms with Crippen LogP contribution in [0.4, 0.5) is 11.6 Å². The Morgan fingerprint density at radius 2 is 2.04 bits per heavy atom. The number of rotatable bonds is 6. The van der Waals surface area contributed by atoms with E-state index in [-0.39, 0.29) is 28.9 Å². The van der Waals surface area contributed by atoms with E-state index in [1.165, 1.54) is 25.4 Å². The molecule has 0 radical (unpaired) electrons. The Morgan fingerprint density at radius 3 is 2.62 bits per heavy atom. The second kappa shape index (κ2) is 7.42. The van der Waals surface area contributed by atoms with Crippen molar-refractivity contribution in [1.29, 1.82) is 5.26 Å². The molecule has 0 atom stereocenters. The van der Waals surface area contributed by atoms with Gasteiger partial charge >= 0.3 is 0 Å². The van der Waals surface area contributed by atoms with E-state index in [0.717, 1.165) is 0 Å². The summed E-state index contributed by atoms with van der Waals surface area (Å²) < 4.78 is 30.8. The highest BCUT2D eigenvalue weighted by Gasteiger charge is 2.11. The number of ether oxygens (including phenoxy) is 1. The van der Waals surface area contributed by atoms with Crippen LogP contribution < -0.4 is 14.8 Å². The lowest BCUT2D eigenvalue weighted by Gasteiger charge is -2.08. The van der Waals surface area contributed by atoms with E-state index in [1.807, 2.05) is 6.07 Å². The molecule has 2 N–H and O–H groups in total. The monoisotopic (exact) mass is 343 g/mol. The fraction of sp³-hybridized carbons (Fsp3) is 0.133. The van der Waals surface area contributed by atoms with Crippen LogP contribution in [0.5, 0.6) is 5.88 Å². The molecule has 0 aliphatic heterocycles. The lowest BCUT2D eigenvalue weighted by atomic mass is 10.3. The summed E-state index contributed by atoms with van der Waals surface area (Å²) in [7, 11) is -2.16. The molecule has 2 rings (SSSR count). The van der Waals surface area contributed by atoms with Crippen LogP contribution in [-0.2, 0) is 10.0 Å². The molecule has 0 saturated carbocycles. The molecule has 0 amide bonds. The molecule has 0 spiro atoms. The van der Waals surface area contributed by atoms with Crippen LogP contribution in [0.25, 0.3) is 0 Å². The number of benzene rings is 1. The number of anilines is 2. The van der Waals surface area contributed by atoms with E-state index >= 15 is 0 Å². The molecule has 0 bridgehead atoms. The van der Waals surface area contributed by atoms with Crippen molar-refractivity contribution >= 4 is 21.7 Å². The molecule has 0 fully saturated rings. The Morgan fingerprint density at radius 1 is 1.33 bits per heavy atom. The molecule has 24 heavy (non-hydrogen) atoms. The number of hydrogen-bond acceptors (Lipinski definition) is 7. The number of sulfonamides is 1. The fourth-order valence-corrected chi connectivity index (χ4v) is 2.42. The molecule has 0 aliphatic rings. The number of hydrogen-bond donors (Lipinski definition) is 2. The van der Waals surface area contributed by atoms with Crippen molar-refractivity contribution in [3.05, 3.63) is 36.0 Å². The van der Waals surface area contributed by atoms with Gasteiger partial charge in [-0.1, -0.05) is 5.92 Å². The molecular weight excluding hydrogens is 330 g/mol. The smallest absolute Gasteiger partial charge is 0.240 e. The van der Waals surface area contributed by atoms with E-state index in [0.29, 0.717) is 5.69 Å². The number of terminal acetylenes is 1. The Hall–Kier alpha value is -3.14. The zero-order valence-corrected chi connectivity index (χ0v) is 13.5. The molecule has 1 aromatic carbocycles. The van der Waals surface area contributed by atoms with E-state index in [1.54, 1.807) is 12.1 Å². The van der Waals surface area contributed by atoms with E-state index < -0.39 is 10.0 Å². The van der Waals surface area contributed by atoms with Crippen molar-refractivity contribution < 1.29 is 13.2 Å². The van der Waals surface area contributed by atoms with Crippen LogP contribution in [0, 0.1) is 23.7 Å². The first-order valence-corrected chi connectivity index (χ1v) is 8.12. The quantitative estimate of drug-likeness (QED) is 0.752. The molecule has 0 saturated heterocycles. The van der Waals surface area contributed by atoms with Gasteiger partial charge in [0.25, 0.3) is 0 Å². The maximum absolute atomic E-state index is 11.7. The summed E-state index contributed by atoms with van der Waals surface area (Å²) in [5, 5.41) is 11.9. The summed E-state index contributed by atoms with van der Waals surface area (Å²) in [6, 6.07) is 7.91. The Labute approximate surface area is 139 Å². The second-order valence-electron chi connectivity index (χ2n) is 4.37. The van der Waals surface area contributed by atoms with Gasteiger partial charge in [-0.25, -0.2) is 18.1 Å². The molecule has 0 aliphatic carbocycles. The zero-order valence-electron chi connectivity index (χ0n) is 12.6. The minimum absolute atomic E-state index is 0.0261. The minimum Gasteiger partial charge on any atom is -0.463 e. The van der Waals surface area contributed by atoms with Gasteiger partial charge in [-0.05, 0) is 31.3 Å².